The van der Waals surface area contributed by atoms with Gasteiger partial charge in [-0.3, -0.25) is 9.59 Å². The molecule has 0 spiro atoms. The number of carbonyl (C=O) groups excluding carboxylic acids is 2. The molecule has 1 atom stereocenters. The lowest BCUT2D eigenvalue weighted by molar-refractivity contribution is -0.139. The van der Waals surface area contributed by atoms with Gasteiger partial charge in [0.1, 0.15) is 5.76 Å². The Morgan fingerprint density at radius 1 is 1.06 bits per heavy atom. The summed E-state index contributed by atoms with van der Waals surface area (Å²) in [6.45, 7) is 1.05. The molecule has 1 aromatic heterocycles. The van der Waals surface area contributed by atoms with Crippen LogP contribution >= 0.6 is 15.9 Å². The van der Waals surface area contributed by atoms with E-state index < -0.39 is 17.7 Å². The van der Waals surface area contributed by atoms with Crippen LogP contribution < -0.4 is 0 Å². The third kappa shape index (κ3) is 4.73. The van der Waals surface area contributed by atoms with Crippen LogP contribution in [0.1, 0.15) is 17.5 Å². The summed E-state index contributed by atoms with van der Waals surface area (Å²) < 4.78 is 2.78. The van der Waals surface area contributed by atoms with E-state index in [0.29, 0.717) is 25.1 Å². The molecule has 162 valence electrons. The second kappa shape index (κ2) is 9.78. The van der Waals surface area contributed by atoms with Crippen LogP contribution in [0.5, 0.6) is 0 Å². The van der Waals surface area contributed by atoms with E-state index in [9.17, 15) is 14.7 Å². The van der Waals surface area contributed by atoms with Crippen LogP contribution in [0.2, 0.25) is 0 Å². The number of Topliss-reactive ketones (excluding diaryl/α,β-unsaturated/α-hetero) is 1. The van der Waals surface area contributed by atoms with Gasteiger partial charge in [0.2, 0.25) is 0 Å². The number of nitrogens with zero attached hydrogens (tertiary/aromatic N) is 3. The highest BCUT2D eigenvalue weighted by Gasteiger charge is 2.43. The van der Waals surface area contributed by atoms with Crippen molar-refractivity contribution in [3.05, 3.63) is 101 Å². The number of halogens is 1. The van der Waals surface area contributed by atoms with E-state index in [-0.39, 0.29) is 11.3 Å². The van der Waals surface area contributed by atoms with Crippen LogP contribution in [0.3, 0.4) is 0 Å². The number of benzene rings is 2. The number of carbonyl (C=O) groups is 2. The molecule has 3 aromatic rings. The molecule has 0 unspecified atom stereocenters. The van der Waals surface area contributed by atoms with Gasteiger partial charge >= 0.3 is 0 Å². The van der Waals surface area contributed by atoms with E-state index >= 15 is 0 Å². The molecular formula is C25H22BrN3O3. The quantitative estimate of drug-likeness (QED) is 0.300. The first-order valence-electron chi connectivity index (χ1n) is 10.3. The smallest absolute Gasteiger partial charge is 0.295 e. The minimum atomic E-state index is -0.671. The fourth-order valence-corrected chi connectivity index (χ4v) is 3.99. The highest BCUT2D eigenvalue weighted by Crippen LogP contribution is 2.30. The van der Waals surface area contributed by atoms with Crippen LogP contribution in [-0.2, 0) is 16.1 Å². The van der Waals surface area contributed by atoms with Gasteiger partial charge < -0.3 is 14.6 Å². The van der Waals surface area contributed by atoms with E-state index in [1.54, 1.807) is 42.9 Å². The zero-order valence-electron chi connectivity index (χ0n) is 17.3. The molecule has 0 aliphatic carbocycles. The highest BCUT2D eigenvalue weighted by molar-refractivity contribution is 9.10. The molecule has 1 saturated heterocycles. The first-order chi connectivity index (χ1) is 15.5. The lowest BCUT2D eigenvalue weighted by Crippen LogP contribution is -2.34. The van der Waals surface area contributed by atoms with E-state index in [1.807, 2.05) is 47.2 Å². The zero-order valence-corrected chi connectivity index (χ0v) is 18.9. The second-order valence-electron chi connectivity index (χ2n) is 7.47. The number of aromatic nitrogens is 2. The Hall–Kier alpha value is -3.45. The normalized spacial score (nSPS) is 18.0. The third-order valence-electron chi connectivity index (χ3n) is 5.35. The van der Waals surface area contributed by atoms with E-state index in [2.05, 4.69) is 20.9 Å². The molecule has 7 heteroatoms. The summed E-state index contributed by atoms with van der Waals surface area (Å²) >= 11 is 3.37. The summed E-state index contributed by atoms with van der Waals surface area (Å²) in [5.41, 5.74) is 1.54. The number of rotatable bonds is 7. The standard InChI is InChI=1S/C25H22BrN3O3/c26-20-10-8-19(9-11-20)23(30)22-21(12-7-18-5-2-1-3-6-18)29(25(32)24(22)31)15-4-14-28-16-13-27-17-28/h1-3,5-13,16-17,21,30H,4,14-15H2/b12-7+,23-22?/t21-/m0/s1. The zero-order chi connectivity index (χ0) is 22.5. The fraction of sp³-hybridized carbons (Fsp3) is 0.160. The molecule has 2 aromatic carbocycles. The van der Waals surface area contributed by atoms with E-state index in [0.717, 1.165) is 10.0 Å². The first kappa shape index (κ1) is 21.8. The van der Waals surface area contributed by atoms with Crippen LogP contribution in [0.15, 0.2) is 89.4 Å². The van der Waals surface area contributed by atoms with Gasteiger partial charge in [0.25, 0.3) is 11.7 Å². The molecule has 4 rings (SSSR count). The highest BCUT2D eigenvalue weighted by atomic mass is 79.9. The Morgan fingerprint density at radius 3 is 2.50 bits per heavy atom. The third-order valence-corrected chi connectivity index (χ3v) is 5.88. The molecule has 2 heterocycles. The van der Waals surface area contributed by atoms with Crippen molar-refractivity contribution in [1.82, 2.24) is 14.5 Å². The van der Waals surface area contributed by atoms with Crippen molar-refractivity contribution in [3.8, 4) is 0 Å². The number of aliphatic hydroxyl groups is 1. The predicted molar refractivity (Wildman–Crippen MR) is 127 cm³/mol. The maximum atomic E-state index is 12.9. The Balaban J connectivity index is 1.67. The minimum Gasteiger partial charge on any atom is -0.507 e. The van der Waals surface area contributed by atoms with Crippen molar-refractivity contribution in [2.24, 2.45) is 0 Å². The summed E-state index contributed by atoms with van der Waals surface area (Å²) in [5.74, 6) is -1.44. The monoisotopic (exact) mass is 491 g/mol. The number of likely N-dealkylation sites (tertiary alicyclic amines) is 1. The summed E-state index contributed by atoms with van der Waals surface area (Å²) in [5, 5.41) is 11.0. The summed E-state index contributed by atoms with van der Waals surface area (Å²) in [6, 6.07) is 16.0. The molecule has 1 N–H and O–H groups in total. The van der Waals surface area contributed by atoms with Gasteiger partial charge in [-0.25, -0.2) is 4.98 Å². The fourth-order valence-electron chi connectivity index (χ4n) is 3.72. The molecule has 1 aliphatic heterocycles. The number of imidazole rings is 1. The molecule has 0 radical (unpaired) electrons. The molecule has 1 amide bonds. The summed E-state index contributed by atoms with van der Waals surface area (Å²) in [7, 11) is 0. The number of hydrogen-bond acceptors (Lipinski definition) is 4. The minimum absolute atomic E-state index is 0.104. The van der Waals surface area contributed by atoms with Crippen molar-refractivity contribution >= 4 is 39.5 Å². The maximum Gasteiger partial charge on any atom is 0.295 e. The molecule has 0 bridgehead atoms. The van der Waals surface area contributed by atoms with Crippen molar-refractivity contribution in [2.45, 2.75) is 19.0 Å². The lowest BCUT2D eigenvalue weighted by atomic mass is 10.00. The summed E-state index contributed by atoms with van der Waals surface area (Å²) in [4.78, 5) is 31.4. The lowest BCUT2D eigenvalue weighted by Gasteiger charge is -2.22. The predicted octanol–water partition coefficient (Wildman–Crippen LogP) is 4.50. The van der Waals surface area contributed by atoms with Gasteiger partial charge in [-0.15, -0.1) is 0 Å². The largest absolute Gasteiger partial charge is 0.507 e. The number of hydrogen-bond donors (Lipinski definition) is 1. The molecule has 1 aliphatic rings. The molecule has 1 fully saturated rings. The molecule has 6 nitrogen and oxygen atoms in total. The number of aryl methyl sites for hydroxylation is 1. The Morgan fingerprint density at radius 2 is 1.81 bits per heavy atom. The van der Waals surface area contributed by atoms with Crippen molar-refractivity contribution in [2.75, 3.05) is 6.54 Å². The van der Waals surface area contributed by atoms with Crippen LogP contribution in [0.4, 0.5) is 0 Å². The van der Waals surface area contributed by atoms with Gasteiger partial charge in [0.15, 0.2) is 0 Å². The first-order valence-corrected chi connectivity index (χ1v) is 11.1. The molecular weight excluding hydrogens is 470 g/mol. The molecule has 32 heavy (non-hydrogen) atoms. The van der Waals surface area contributed by atoms with Gasteiger partial charge in [0, 0.05) is 35.5 Å². The average Bonchev–Trinajstić information content (AvgIpc) is 3.41. The Kier molecular flexibility index (Phi) is 6.66. The van der Waals surface area contributed by atoms with Crippen LogP contribution in [0, 0.1) is 0 Å². The number of amides is 1. The van der Waals surface area contributed by atoms with Gasteiger partial charge in [-0.05, 0) is 24.1 Å². The number of aliphatic hydroxyl groups excluding tert-OH is 1. The van der Waals surface area contributed by atoms with Crippen LogP contribution in [0.25, 0.3) is 11.8 Å². The second-order valence-corrected chi connectivity index (χ2v) is 8.38. The van der Waals surface area contributed by atoms with Gasteiger partial charge in [-0.1, -0.05) is 70.5 Å². The van der Waals surface area contributed by atoms with E-state index in [4.69, 9.17) is 0 Å². The van der Waals surface area contributed by atoms with Gasteiger partial charge in [-0.2, -0.15) is 0 Å². The van der Waals surface area contributed by atoms with Crippen molar-refractivity contribution in [3.63, 3.8) is 0 Å². The van der Waals surface area contributed by atoms with Crippen LogP contribution in [-0.4, -0.2) is 43.8 Å². The van der Waals surface area contributed by atoms with E-state index in [1.165, 1.54) is 4.90 Å². The number of ketones is 1. The average molecular weight is 492 g/mol. The Bertz CT molecular complexity index is 1150. The SMILES string of the molecule is O=C1C(=O)N(CCCn2ccnc2)[C@@H](/C=C/c2ccccc2)C1=C(O)c1ccc(Br)cc1. The Labute approximate surface area is 194 Å². The molecule has 0 saturated carbocycles. The van der Waals surface area contributed by atoms with Crippen molar-refractivity contribution in [1.29, 1.82) is 0 Å². The van der Waals surface area contributed by atoms with Gasteiger partial charge in [0.05, 0.1) is 17.9 Å². The van der Waals surface area contributed by atoms with Crippen molar-refractivity contribution < 1.29 is 14.7 Å². The topological polar surface area (TPSA) is 75.4 Å². The maximum absolute atomic E-state index is 12.9. The summed E-state index contributed by atoms with van der Waals surface area (Å²) in [6.07, 6.45) is 9.60.